The Morgan fingerprint density at radius 2 is 1.64 bits per heavy atom. The summed E-state index contributed by atoms with van der Waals surface area (Å²) in [7, 11) is 1.81. The number of hydrogen-bond donors (Lipinski definition) is 0. The highest BCUT2D eigenvalue weighted by Gasteiger charge is 2.19. The molecule has 0 N–H and O–H groups in total. The fourth-order valence-electron chi connectivity index (χ4n) is 1.73. The van der Waals surface area contributed by atoms with Crippen LogP contribution in [0.25, 0.3) is 0 Å². The maximum Gasteiger partial charge on any atom is 0.253 e. The average molecular weight is 193 g/mol. The Kier molecular flexibility index (Phi) is 2.57. The van der Waals surface area contributed by atoms with Crippen LogP contribution in [0, 0.1) is 13.8 Å². The summed E-state index contributed by atoms with van der Waals surface area (Å²) in [5.74, 6) is 0. The maximum absolute atomic E-state index is 11.6. The molecule has 0 saturated heterocycles. The van der Waals surface area contributed by atoms with E-state index in [0.717, 1.165) is 11.1 Å². The summed E-state index contributed by atoms with van der Waals surface area (Å²) in [6.07, 6.45) is 1.95. The summed E-state index contributed by atoms with van der Waals surface area (Å²) in [6, 6.07) is 0. The summed E-state index contributed by atoms with van der Waals surface area (Å²) >= 11 is 0. The summed E-state index contributed by atoms with van der Waals surface area (Å²) in [5.41, 5.74) is 3.44. The van der Waals surface area contributed by atoms with Crippen LogP contribution in [0.4, 0.5) is 0 Å². The lowest BCUT2D eigenvalue weighted by atomic mass is 9.84. The normalized spacial score (nSPS) is 11.9. The van der Waals surface area contributed by atoms with E-state index in [4.69, 9.17) is 0 Å². The Bertz CT molecular complexity index is 408. The largest absolute Gasteiger partial charge is 0.318 e. The lowest BCUT2D eigenvalue weighted by molar-refractivity contribution is 0.574. The van der Waals surface area contributed by atoms with Crippen LogP contribution in [0.5, 0.6) is 0 Å². The highest BCUT2D eigenvalue weighted by atomic mass is 16.1. The van der Waals surface area contributed by atoms with E-state index in [1.807, 2.05) is 27.1 Å². The van der Waals surface area contributed by atoms with Gasteiger partial charge in [-0.15, -0.1) is 0 Å². The quantitative estimate of drug-likeness (QED) is 0.619. The van der Waals surface area contributed by atoms with Gasteiger partial charge in [0.05, 0.1) is 0 Å². The molecule has 0 aliphatic rings. The predicted molar refractivity (Wildman–Crippen MR) is 59.9 cm³/mol. The second-order valence-electron chi connectivity index (χ2n) is 4.96. The van der Waals surface area contributed by atoms with Crippen molar-refractivity contribution in [1.82, 2.24) is 4.57 Å². The van der Waals surface area contributed by atoms with Crippen molar-refractivity contribution in [1.29, 1.82) is 0 Å². The second kappa shape index (κ2) is 3.26. The van der Waals surface area contributed by atoms with Gasteiger partial charge >= 0.3 is 0 Å². The molecule has 0 aliphatic heterocycles. The highest BCUT2D eigenvalue weighted by Crippen LogP contribution is 2.25. The molecule has 1 heterocycles. The van der Waals surface area contributed by atoms with Crippen molar-refractivity contribution in [2.75, 3.05) is 0 Å². The summed E-state index contributed by atoms with van der Waals surface area (Å²) in [5, 5.41) is 0. The first kappa shape index (κ1) is 11.0. The summed E-state index contributed by atoms with van der Waals surface area (Å²) in [6.45, 7) is 10.4. The fourth-order valence-corrected chi connectivity index (χ4v) is 1.73. The maximum atomic E-state index is 11.6. The third-order valence-electron chi connectivity index (χ3n) is 2.74. The molecular formula is C12H19NO. The lowest BCUT2D eigenvalue weighted by Crippen LogP contribution is -2.25. The van der Waals surface area contributed by atoms with E-state index in [9.17, 15) is 4.79 Å². The Morgan fingerprint density at radius 1 is 1.14 bits per heavy atom. The van der Waals surface area contributed by atoms with Crippen molar-refractivity contribution in [2.45, 2.75) is 40.0 Å². The van der Waals surface area contributed by atoms with Crippen molar-refractivity contribution >= 4 is 0 Å². The van der Waals surface area contributed by atoms with Crippen molar-refractivity contribution in [3.8, 4) is 0 Å². The molecule has 0 fully saturated rings. The van der Waals surface area contributed by atoms with Crippen molar-refractivity contribution < 1.29 is 0 Å². The number of hydrogen-bond acceptors (Lipinski definition) is 1. The molecule has 78 valence electrons. The molecule has 0 aliphatic carbocycles. The molecule has 2 heteroatoms. The molecule has 0 atom stereocenters. The van der Waals surface area contributed by atoms with Crippen LogP contribution in [-0.2, 0) is 12.5 Å². The molecule has 1 aromatic rings. The summed E-state index contributed by atoms with van der Waals surface area (Å²) in [4.78, 5) is 11.6. The Morgan fingerprint density at radius 3 is 2.07 bits per heavy atom. The van der Waals surface area contributed by atoms with Crippen LogP contribution in [0.2, 0.25) is 0 Å². The lowest BCUT2D eigenvalue weighted by Gasteiger charge is -2.23. The third-order valence-corrected chi connectivity index (χ3v) is 2.74. The van der Waals surface area contributed by atoms with Crippen LogP contribution in [-0.4, -0.2) is 4.57 Å². The SMILES string of the molecule is Cc1c(C(C)(C)C)cn(C)c(=O)c1C. The zero-order valence-electron chi connectivity index (χ0n) is 9.93. The third kappa shape index (κ3) is 1.74. The number of aromatic nitrogens is 1. The van der Waals surface area contributed by atoms with E-state index in [-0.39, 0.29) is 11.0 Å². The molecule has 1 aromatic heterocycles. The standard InChI is InChI=1S/C12H19NO/c1-8-9(2)11(14)13(6)7-10(8)12(3,4)5/h7H,1-6H3. The van der Waals surface area contributed by atoms with E-state index in [0.29, 0.717) is 0 Å². The van der Waals surface area contributed by atoms with E-state index in [1.165, 1.54) is 5.56 Å². The van der Waals surface area contributed by atoms with E-state index in [1.54, 1.807) is 4.57 Å². The average Bonchev–Trinajstić information content (AvgIpc) is 2.06. The van der Waals surface area contributed by atoms with Crippen LogP contribution in [0.1, 0.15) is 37.5 Å². The minimum absolute atomic E-state index is 0.0975. The predicted octanol–water partition coefficient (Wildman–Crippen LogP) is 2.30. The highest BCUT2D eigenvalue weighted by molar-refractivity contribution is 5.34. The van der Waals surface area contributed by atoms with Gasteiger partial charge in [0.1, 0.15) is 0 Å². The molecule has 1 rings (SSSR count). The van der Waals surface area contributed by atoms with Gasteiger partial charge in [-0.3, -0.25) is 4.79 Å². The zero-order chi connectivity index (χ0) is 11.1. The molecule has 0 spiro atoms. The van der Waals surface area contributed by atoms with Crippen LogP contribution in [0.3, 0.4) is 0 Å². The first-order chi connectivity index (χ1) is 6.25. The van der Waals surface area contributed by atoms with E-state index >= 15 is 0 Å². The number of nitrogens with zero attached hydrogens (tertiary/aromatic N) is 1. The molecule has 2 nitrogen and oxygen atoms in total. The zero-order valence-corrected chi connectivity index (χ0v) is 9.93. The van der Waals surface area contributed by atoms with Gasteiger partial charge in [-0.05, 0) is 30.4 Å². The molecule has 0 bridgehead atoms. The number of aryl methyl sites for hydroxylation is 1. The molecule has 14 heavy (non-hydrogen) atoms. The Labute approximate surface area is 85.6 Å². The van der Waals surface area contributed by atoms with E-state index in [2.05, 4.69) is 20.8 Å². The van der Waals surface area contributed by atoms with Gasteiger partial charge in [-0.1, -0.05) is 20.8 Å². The van der Waals surface area contributed by atoms with Gasteiger partial charge in [0.2, 0.25) is 0 Å². The molecular weight excluding hydrogens is 174 g/mol. The van der Waals surface area contributed by atoms with Gasteiger partial charge in [0.15, 0.2) is 0 Å². The Hall–Kier alpha value is -1.05. The minimum Gasteiger partial charge on any atom is -0.318 e. The van der Waals surface area contributed by atoms with Gasteiger partial charge in [0.25, 0.3) is 5.56 Å². The summed E-state index contributed by atoms with van der Waals surface area (Å²) < 4.78 is 1.67. The molecule has 0 amide bonds. The number of pyridine rings is 1. The van der Waals surface area contributed by atoms with E-state index < -0.39 is 0 Å². The van der Waals surface area contributed by atoms with Crippen molar-refractivity contribution in [3.05, 3.63) is 33.2 Å². The smallest absolute Gasteiger partial charge is 0.253 e. The molecule has 0 unspecified atom stereocenters. The number of rotatable bonds is 0. The molecule has 0 saturated carbocycles. The monoisotopic (exact) mass is 193 g/mol. The van der Waals surface area contributed by atoms with Crippen LogP contribution in [0.15, 0.2) is 11.0 Å². The second-order valence-corrected chi connectivity index (χ2v) is 4.96. The molecule has 0 aromatic carbocycles. The van der Waals surface area contributed by atoms with Crippen LogP contribution < -0.4 is 5.56 Å². The first-order valence-electron chi connectivity index (χ1n) is 4.92. The van der Waals surface area contributed by atoms with Crippen molar-refractivity contribution in [3.63, 3.8) is 0 Å². The van der Waals surface area contributed by atoms with Crippen molar-refractivity contribution in [2.24, 2.45) is 7.05 Å². The minimum atomic E-state index is 0.0975. The fraction of sp³-hybridized carbons (Fsp3) is 0.583. The molecule has 0 radical (unpaired) electrons. The van der Waals surface area contributed by atoms with Gasteiger partial charge in [-0.25, -0.2) is 0 Å². The van der Waals surface area contributed by atoms with Crippen LogP contribution >= 0.6 is 0 Å². The first-order valence-corrected chi connectivity index (χ1v) is 4.92. The Balaban J connectivity index is 3.57. The van der Waals surface area contributed by atoms with Gasteiger partial charge < -0.3 is 4.57 Å². The topological polar surface area (TPSA) is 22.0 Å². The van der Waals surface area contributed by atoms with Gasteiger partial charge in [-0.2, -0.15) is 0 Å². The van der Waals surface area contributed by atoms with Gasteiger partial charge in [0, 0.05) is 18.8 Å².